The average molecular weight is 269 g/mol. The molecular formula is C16H31NO2. The predicted molar refractivity (Wildman–Crippen MR) is 79.0 cm³/mol. The van der Waals surface area contributed by atoms with E-state index >= 15 is 0 Å². The second-order valence-electron chi connectivity index (χ2n) is 5.95. The lowest BCUT2D eigenvalue weighted by atomic mass is 9.86. The summed E-state index contributed by atoms with van der Waals surface area (Å²) in [6.07, 6.45) is 12.1. The van der Waals surface area contributed by atoms with E-state index in [0.29, 0.717) is 13.0 Å². The molecule has 1 atom stereocenters. The molecule has 3 heteroatoms. The van der Waals surface area contributed by atoms with E-state index in [1.54, 1.807) is 0 Å². The van der Waals surface area contributed by atoms with E-state index in [4.69, 9.17) is 0 Å². The summed E-state index contributed by atoms with van der Waals surface area (Å²) < 4.78 is 0. The maximum atomic E-state index is 11.6. The van der Waals surface area contributed by atoms with Crippen LogP contribution in [0.15, 0.2) is 0 Å². The first-order valence-corrected chi connectivity index (χ1v) is 8.17. The molecule has 0 aromatic rings. The first-order valence-electron chi connectivity index (χ1n) is 8.17. The molecule has 0 saturated heterocycles. The molecule has 0 bridgehead atoms. The van der Waals surface area contributed by atoms with Gasteiger partial charge >= 0.3 is 0 Å². The van der Waals surface area contributed by atoms with Crippen LogP contribution in [0, 0.1) is 5.92 Å². The maximum Gasteiger partial charge on any atom is 0.219 e. The van der Waals surface area contributed by atoms with Crippen LogP contribution in [0.4, 0.5) is 0 Å². The van der Waals surface area contributed by atoms with Gasteiger partial charge < -0.3 is 10.4 Å². The van der Waals surface area contributed by atoms with Gasteiger partial charge in [0.25, 0.3) is 0 Å². The highest BCUT2D eigenvalue weighted by Gasteiger charge is 2.13. The topological polar surface area (TPSA) is 49.3 Å². The minimum atomic E-state index is -0.205. The van der Waals surface area contributed by atoms with Crippen LogP contribution in [0.3, 0.4) is 0 Å². The lowest BCUT2D eigenvalue weighted by Crippen LogP contribution is -2.25. The van der Waals surface area contributed by atoms with Crippen LogP contribution in [0.5, 0.6) is 0 Å². The summed E-state index contributed by atoms with van der Waals surface area (Å²) in [5.41, 5.74) is 0. The van der Waals surface area contributed by atoms with E-state index in [9.17, 15) is 9.90 Å². The average Bonchev–Trinajstić information content (AvgIpc) is 2.44. The van der Waals surface area contributed by atoms with Gasteiger partial charge in [-0.05, 0) is 38.0 Å². The molecular weight excluding hydrogens is 238 g/mol. The molecule has 0 spiro atoms. The predicted octanol–water partition coefficient (Wildman–Crippen LogP) is 3.40. The molecule has 1 amide bonds. The highest BCUT2D eigenvalue weighted by molar-refractivity contribution is 5.75. The van der Waals surface area contributed by atoms with Crippen LogP contribution in [-0.2, 0) is 4.79 Å². The Morgan fingerprint density at radius 3 is 2.68 bits per heavy atom. The minimum Gasteiger partial charge on any atom is -0.393 e. The minimum absolute atomic E-state index is 0.182. The lowest BCUT2D eigenvalue weighted by molar-refractivity contribution is -0.121. The molecule has 1 rings (SSSR count). The summed E-state index contributed by atoms with van der Waals surface area (Å²) in [5, 5.41) is 12.3. The molecule has 0 radical (unpaired) electrons. The zero-order chi connectivity index (χ0) is 13.9. The summed E-state index contributed by atoms with van der Waals surface area (Å²) in [6, 6.07) is 0. The number of aliphatic hydroxyl groups is 1. The number of carbonyl (C=O) groups excluding carboxylic acids is 1. The molecule has 2 N–H and O–H groups in total. The fourth-order valence-corrected chi connectivity index (χ4v) is 2.89. The van der Waals surface area contributed by atoms with E-state index < -0.39 is 0 Å². The Morgan fingerprint density at radius 2 is 2.00 bits per heavy atom. The third-order valence-electron chi connectivity index (χ3n) is 4.25. The summed E-state index contributed by atoms with van der Waals surface area (Å²) >= 11 is 0. The standard InChI is InChI=1S/C16H31NO2/c1-2-15(18)11-7-13-17-16(19)12-6-10-14-8-4-3-5-9-14/h14-15,18H,2-13H2,1H3,(H,17,19). The Morgan fingerprint density at radius 1 is 1.26 bits per heavy atom. The Balaban J connectivity index is 1.92. The number of carbonyl (C=O) groups is 1. The van der Waals surface area contributed by atoms with Gasteiger partial charge in [0.1, 0.15) is 0 Å². The van der Waals surface area contributed by atoms with E-state index in [0.717, 1.165) is 31.6 Å². The second-order valence-corrected chi connectivity index (χ2v) is 5.95. The largest absolute Gasteiger partial charge is 0.393 e. The van der Waals surface area contributed by atoms with Crippen molar-refractivity contribution < 1.29 is 9.90 Å². The smallest absolute Gasteiger partial charge is 0.219 e. The molecule has 1 saturated carbocycles. The number of rotatable bonds is 9. The fraction of sp³-hybridized carbons (Fsp3) is 0.938. The third-order valence-corrected chi connectivity index (χ3v) is 4.25. The fourth-order valence-electron chi connectivity index (χ4n) is 2.89. The number of hydrogen-bond acceptors (Lipinski definition) is 2. The van der Waals surface area contributed by atoms with Gasteiger partial charge in [0.05, 0.1) is 6.10 Å². The number of aliphatic hydroxyl groups excluding tert-OH is 1. The molecule has 0 aliphatic heterocycles. The van der Waals surface area contributed by atoms with Crippen LogP contribution in [-0.4, -0.2) is 23.7 Å². The van der Waals surface area contributed by atoms with Gasteiger partial charge in [-0.25, -0.2) is 0 Å². The molecule has 112 valence electrons. The Labute approximate surface area is 118 Å². The highest BCUT2D eigenvalue weighted by Crippen LogP contribution is 2.27. The van der Waals surface area contributed by atoms with Crippen LogP contribution in [0.25, 0.3) is 0 Å². The van der Waals surface area contributed by atoms with E-state index in [1.165, 1.54) is 38.5 Å². The van der Waals surface area contributed by atoms with Crippen molar-refractivity contribution in [3.63, 3.8) is 0 Å². The lowest BCUT2D eigenvalue weighted by Gasteiger charge is -2.21. The summed E-state index contributed by atoms with van der Waals surface area (Å²) in [6.45, 7) is 2.69. The molecule has 0 heterocycles. The van der Waals surface area contributed by atoms with Gasteiger partial charge in [-0.15, -0.1) is 0 Å². The number of nitrogens with one attached hydrogen (secondary N) is 1. The van der Waals surface area contributed by atoms with Crippen molar-refractivity contribution in [1.29, 1.82) is 0 Å². The van der Waals surface area contributed by atoms with Crippen LogP contribution >= 0.6 is 0 Å². The van der Waals surface area contributed by atoms with Crippen LogP contribution < -0.4 is 5.32 Å². The Bertz CT molecular complexity index is 237. The van der Waals surface area contributed by atoms with Gasteiger partial charge in [0, 0.05) is 13.0 Å². The van der Waals surface area contributed by atoms with Crippen LogP contribution in [0.1, 0.15) is 77.6 Å². The number of amides is 1. The SMILES string of the molecule is CCC(O)CCCNC(=O)CCCC1CCCCC1. The molecule has 0 aromatic heterocycles. The van der Waals surface area contributed by atoms with E-state index in [-0.39, 0.29) is 12.0 Å². The zero-order valence-electron chi connectivity index (χ0n) is 12.5. The molecule has 1 unspecified atom stereocenters. The molecule has 1 aliphatic carbocycles. The van der Waals surface area contributed by atoms with Crippen molar-refractivity contribution in [1.82, 2.24) is 5.32 Å². The molecule has 0 aromatic carbocycles. The van der Waals surface area contributed by atoms with Crippen molar-refractivity contribution in [2.75, 3.05) is 6.54 Å². The normalized spacial score (nSPS) is 18.2. The summed E-state index contributed by atoms with van der Waals surface area (Å²) in [7, 11) is 0. The molecule has 1 aliphatic rings. The van der Waals surface area contributed by atoms with Crippen molar-refractivity contribution in [3.8, 4) is 0 Å². The van der Waals surface area contributed by atoms with E-state index in [2.05, 4.69) is 5.32 Å². The molecule has 3 nitrogen and oxygen atoms in total. The summed E-state index contributed by atoms with van der Waals surface area (Å²) in [5.74, 6) is 1.06. The number of hydrogen-bond donors (Lipinski definition) is 2. The van der Waals surface area contributed by atoms with Gasteiger partial charge in [0.2, 0.25) is 5.91 Å². The monoisotopic (exact) mass is 269 g/mol. The van der Waals surface area contributed by atoms with Gasteiger partial charge in [-0.1, -0.05) is 39.0 Å². The first kappa shape index (κ1) is 16.5. The van der Waals surface area contributed by atoms with Gasteiger partial charge in [-0.3, -0.25) is 4.79 Å². The van der Waals surface area contributed by atoms with Crippen molar-refractivity contribution in [2.45, 2.75) is 83.7 Å². The van der Waals surface area contributed by atoms with Crippen molar-refractivity contribution in [2.24, 2.45) is 5.92 Å². The van der Waals surface area contributed by atoms with Crippen molar-refractivity contribution >= 4 is 5.91 Å². The van der Waals surface area contributed by atoms with Gasteiger partial charge in [0.15, 0.2) is 0 Å². The summed E-state index contributed by atoms with van der Waals surface area (Å²) in [4.78, 5) is 11.6. The van der Waals surface area contributed by atoms with Crippen LogP contribution in [0.2, 0.25) is 0 Å². The van der Waals surface area contributed by atoms with Crippen molar-refractivity contribution in [3.05, 3.63) is 0 Å². The Hall–Kier alpha value is -0.570. The molecule has 1 fully saturated rings. The quantitative estimate of drug-likeness (QED) is 0.630. The zero-order valence-corrected chi connectivity index (χ0v) is 12.5. The maximum absolute atomic E-state index is 11.6. The highest BCUT2D eigenvalue weighted by atomic mass is 16.3. The third kappa shape index (κ3) is 8.25. The molecule has 19 heavy (non-hydrogen) atoms. The van der Waals surface area contributed by atoms with E-state index in [1.807, 2.05) is 6.92 Å². The first-order chi connectivity index (χ1) is 9.22. The Kier molecular flexibility index (Phi) is 8.89. The van der Waals surface area contributed by atoms with Gasteiger partial charge in [-0.2, -0.15) is 0 Å². The second kappa shape index (κ2) is 10.2.